The van der Waals surface area contributed by atoms with Crippen LogP contribution in [0.25, 0.3) is 0 Å². The zero-order valence-corrected chi connectivity index (χ0v) is 19.7. The molecule has 0 atom stereocenters. The lowest BCUT2D eigenvalue weighted by atomic mass is 10.1. The summed E-state index contributed by atoms with van der Waals surface area (Å²) in [6.45, 7) is 1.53. The SMILES string of the molecule is Cc1ccc(Sc2cc(NC(=O)Cn3nc(C(F)(F)F)c4c3CCCCC4)cc([N+](=O)[O-])c2)cc1. The number of carbonyl (C=O) groups is 1. The van der Waals surface area contributed by atoms with Crippen LogP contribution in [0.3, 0.4) is 0 Å². The van der Waals surface area contributed by atoms with Crippen molar-refractivity contribution in [2.45, 2.75) is 61.5 Å². The molecule has 3 aromatic rings. The second kappa shape index (κ2) is 10.1. The van der Waals surface area contributed by atoms with E-state index >= 15 is 0 Å². The third-order valence-electron chi connectivity index (χ3n) is 5.71. The molecule has 4 rings (SSSR count). The number of amides is 1. The molecule has 1 N–H and O–H groups in total. The molecule has 35 heavy (non-hydrogen) atoms. The van der Waals surface area contributed by atoms with Gasteiger partial charge < -0.3 is 5.32 Å². The maximum atomic E-state index is 13.5. The van der Waals surface area contributed by atoms with Crippen molar-refractivity contribution in [3.05, 3.63) is 75.1 Å². The molecule has 1 aliphatic carbocycles. The normalized spacial score (nSPS) is 13.7. The number of anilines is 1. The van der Waals surface area contributed by atoms with Crippen molar-refractivity contribution in [3.63, 3.8) is 0 Å². The fraction of sp³-hybridized carbons (Fsp3) is 0.333. The van der Waals surface area contributed by atoms with Gasteiger partial charge in [-0.2, -0.15) is 18.3 Å². The summed E-state index contributed by atoms with van der Waals surface area (Å²) in [6.07, 6.45) is -1.73. The minimum absolute atomic E-state index is 0.162. The van der Waals surface area contributed by atoms with Gasteiger partial charge in [-0.1, -0.05) is 35.9 Å². The lowest BCUT2D eigenvalue weighted by Crippen LogP contribution is -2.21. The van der Waals surface area contributed by atoms with E-state index in [1.807, 2.05) is 31.2 Å². The molecule has 0 saturated carbocycles. The zero-order chi connectivity index (χ0) is 25.2. The molecule has 0 radical (unpaired) electrons. The largest absolute Gasteiger partial charge is 0.435 e. The Bertz CT molecular complexity index is 1260. The molecule has 0 bridgehead atoms. The van der Waals surface area contributed by atoms with Gasteiger partial charge in [-0.3, -0.25) is 19.6 Å². The number of aromatic nitrogens is 2. The van der Waals surface area contributed by atoms with Crippen molar-refractivity contribution >= 4 is 29.0 Å². The zero-order valence-electron chi connectivity index (χ0n) is 18.9. The van der Waals surface area contributed by atoms with Crippen molar-refractivity contribution in [1.29, 1.82) is 0 Å². The van der Waals surface area contributed by atoms with Gasteiger partial charge in [0.15, 0.2) is 5.69 Å². The van der Waals surface area contributed by atoms with Crippen LogP contribution < -0.4 is 5.32 Å². The van der Waals surface area contributed by atoms with Gasteiger partial charge in [-0.25, -0.2) is 0 Å². The fourth-order valence-electron chi connectivity index (χ4n) is 4.10. The molecule has 7 nitrogen and oxygen atoms in total. The number of halogens is 3. The molecule has 11 heteroatoms. The Morgan fingerprint density at radius 2 is 1.83 bits per heavy atom. The Morgan fingerprint density at radius 1 is 1.11 bits per heavy atom. The molecule has 0 fully saturated rings. The highest BCUT2D eigenvalue weighted by molar-refractivity contribution is 7.99. The predicted molar refractivity (Wildman–Crippen MR) is 126 cm³/mol. The third-order valence-corrected chi connectivity index (χ3v) is 6.69. The standard InChI is InChI=1S/C24H23F3N4O3S/c1-15-7-9-18(10-8-15)35-19-12-16(11-17(13-19)31(33)34)28-22(32)14-30-21-6-4-2-3-5-20(21)23(29-30)24(25,26)27/h7-13H,2-6,14H2,1H3,(H,28,32). The van der Waals surface area contributed by atoms with Gasteiger partial charge in [-0.05, 0) is 50.8 Å². The molecular formula is C24H23F3N4O3S. The molecule has 0 unspecified atom stereocenters. The number of nitro benzene ring substituents is 1. The van der Waals surface area contributed by atoms with E-state index < -0.39 is 29.2 Å². The molecule has 2 aromatic carbocycles. The Kier molecular flexibility index (Phi) is 7.15. The molecule has 1 aliphatic rings. The lowest BCUT2D eigenvalue weighted by molar-refractivity contribution is -0.385. The Labute approximate surface area is 203 Å². The maximum Gasteiger partial charge on any atom is 0.435 e. The lowest BCUT2D eigenvalue weighted by Gasteiger charge is -2.10. The Morgan fingerprint density at radius 3 is 2.51 bits per heavy atom. The van der Waals surface area contributed by atoms with E-state index in [-0.39, 0.29) is 23.4 Å². The first-order valence-electron chi connectivity index (χ1n) is 11.1. The van der Waals surface area contributed by atoms with Gasteiger partial charge >= 0.3 is 6.18 Å². The summed E-state index contributed by atoms with van der Waals surface area (Å²) in [7, 11) is 0. The number of carbonyl (C=O) groups excluding carboxylic acids is 1. The molecule has 1 heterocycles. The number of benzene rings is 2. The second-order valence-electron chi connectivity index (χ2n) is 8.43. The van der Waals surface area contributed by atoms with Crippen LogP contribution in [0.15, 0.2) is 52.3 Å². The van der Waals surface area contributed by atoms with Gasteiger partial charge in [0.05, 0.1) is 4.92 Å². The van der Waals surface area contributed by atoms with Crippen molar-refractivity contribution in [3.8, 4) is 0 Å². The monoisotopic (exact) mass is 504 g/mol. The first kappa shape index (κ1) is 24.8. The van der Waals surface area contributed by atoms with Crippen molar-refractivity contribution in [2.75, 3.05) is 5.32 Å². The van der Waals surface area contributed by atoms with Crippen LogP contribution >= 0.6 is 11.8 Å². The van der Waals surface area contributed by atoms with Gasteiger partial charge in [-0.15, -0.1) is 0 Å². The van der Waals surface area contributed by atoms with E-state index in [4.69, 9.17) is 0 Å². The predicted octanol–water partition coefficient (Wildman–Crippen LogP) is 6.18. The Balaban J connectivity index is 1.57. The summed E-state index contributed by atoms with van der Waals surface area (Å²) in [6, 6.07) is 11.8. The molecular weight excluding hydrogens is 481 g/mol. The molecule has 0 aliphatic heterocycles. The molecule has 0 saturated heterocycles. The summed E-state index contributed by atoms with van der Waals surface area (Å²) < 4.78 is 41.7. The van der Waals surface area contributed by atoms with Crippen molar-refractivity contribution in [1.82, 2.24) is 9.78 Å². The number of non-ortho nitro benzene ring substituents is 1. The number of nitrogens with one attached hydrogen (secondary N) is 1. The van der Waals surface area contributed by atoms with Gasteiger partial charge in [0.1, 0.15) is 6.54 Å². The van der Waals surface area contributed by atoms with Crippen LogP contribution in [-0.4, -0.2) is 20.6 Å². The number of nitrogens with zero attached hydrogens (tertiary/aromatic N) is 3. The van der Waals surface area contributed by atoms with Crippen LogP contribution in [-0.2, 0) is 30.4 Å². The van der Waals surface area contributed by atoms with Gasteiger partial charge in [0.2, 0.25) is 5.91 Å². The number of aryl methyl sites for hydroxylation is 1. The highest BCUT2D eigenvalue weighted by atomic mass is 32.2. The van der Waals surface area contributed by atoms with E-state index in [1.165, 1.54) is 23.9 Å². The minimum Gasteiger partial charge on any atom is -0.324 e. The third kappa shape index (κ3) is 6.02. The summed E-state index contributed by atoms with van der Waals surface area (Å²) in [4.78, 5) is 25.1. The van der Waals surface area contributed by atoms with E-state index in [9.17, 15) is 28.1 Å². The van der Waals surface area contributed by atoms with Crippen LogP contribution in [0.2, 0.25) is 0 Å². The number of fused-ring (bicyclic) bond motifs is 1. The van der Waals surface area contributed by atoms with E-state index in [1.54, 1.807) is 6.07 Å². The molecule has 1 aromatic heterocycles. The summed E-state index contributed by atoms with van der Waals surface area (Å²) in [5.74, 6) is -0.611. The topological polar surface area (TPSA) is 90.1 Å². The fourth-order valence-corrected chi connectivity index (χ4v) is 5.01. The van der Waals surface area contributed by atoms with Crippen LogP contribution in [0.5, 0.6) is 0 Å². The van der Waals surface area contributed by atoms with E-state index in [0.717, 1.165) is 28.0 Å². The molecule has 1 amide bonds. The van der Waals surface area contributed by atoms with Gasteiger partial charge in [0, 0.05) is 38.9 Å². The summed E-state index contributed by atoms with van der Waals surface area (Å²) in [5, 5.41) is 17.8. The highest BCUT2D eigenvalue weighted by Gasteiger charge is 2.39. The van der Waals surface area contributed by atoms with E-state index in [2.05, 4.69) is 10.4 Å². The van der Waals surface area contributed by atoms with E-state index in [0.29, 0.717) is 23.4 Å². The van der Waals surface area contributed by atoms with Crippen LogP contribution in [0.4, 0.5) is 24.5 Å². The number of nitro groups is 1. The average molecular weight is 505 g/mol. The Hall–Kier alpha value is -3.34. The second-order valence-corrected chi connectivity index (χ2v) is 9.57. The van der Waals surface area contributed by atoms with Crippen LogP contribution in [0.1, 0.15) is 41.8 Å². The minimum atomic E-state index is -4.60. The number of hydrogen-bond acceptors (Lipinski definition) is 5. The smallest absolute Gasteiger partial charge is 0.324 e. The highest BCUT2D eigenvalue weighted by Crippen LogP contribution is 2.36. The van der Waals surface area contributed by atoms with Gasteiger partial charge in [0.25, 0.3) is 5.69 Å². The average Bonchev–Trinajstić information content (AvgIpc) is 2.96. The first-order valence-corrected chi connectivity index (χ1v) is 11.9. The van der Waals surface area contributed by atoms with Crippen molar-refractivity contribution < 1.29 is 22.9 Å². The quantitative estimate of drug-likeness (QED) is 0.246. The molecule has 184 valence electrons. The summed E-state index contributed by atoms with van der Waals surface area (Å²) >= 11 is 1.30. The van der Waals surface area contributed by atoms with Crippen molar-refractivity contribution in [2.24, 2.45) is 0 Å². The number of alkyl halides is 3. The number of hydrogen-bond donors (Lipinski definition) is 1. The maximum absolute atomic E-state index is 13.5. The first-order chi connectivity index (χ1) is 16.6. The number of rotatable bonds is 6. The van der Waals surface area contributed by atoms with Crippen LogP contribution in [0, 0.1) is 17.0 Å². The summed E-state index contributed by atoms with van der Waals surface area (Å²) in [5.41, 5.74) is 0.716. The molecule has 0 spiro atoms.